The van der Waals surface area contributed by atoms with Crippen molar-refractivity contribution in [3.8, 4) is 11.6 Å². The lowest BCUT2D eigenvalue weighted by molar-refractivity contribution is -0.385. The molecule has 0 amide bonds. The molecule has 2 rings (SSSR count). The van der Waals surface area contributed by atoms with Crippen molar-refractivity contribution >= 4 is 11.5 Å². The summed E-state index contributed by atoms with van der Waals surface area (Å²) in [4.78, 5) is 17.8. The van der Waals surface area contributed by atoms with Gasteiger partial charge in [-0.2, -0.15) is 0 Å². The third kappa shape index (κ3) is 2.47. The minimum Gasteiger partial charge on any atom is -0.428 e. The summed E-state index contributed by atoms with van der Waals surface area (Å²) < 4.78 is 18.9. The van der Waals surface area contributed by atoms with Gasteiger partial charge >= 0.3 is 5.69 Å². The predicted molar refractivity (Wildman–Crippen MR) is 67.7 cm³/mol. The molecule has 8 nitrogen and oxygen atoms in total. The zero-order valence-electron chi connectivity index (χ0n) is 10.3. The summed E-state index contributed by atoms with van der Waals surface area (Å²) in [5.74, 6) is 4.11. The Morgan fingerprint density at radius 2 is 2.20 bits per heavy atom. The fourth-order valence-corrected chi connectivity index (χ4v) is 1.52. The molecule has 0 aliphatic carbocycles. The second-order valence-corrected chi connectivity index (χ2v) is 3.74. The van der Waals surface area contributed by atoms with E-state index in [4.69, 9.17) is 10.6 Å². The van der Waals surface area contributed by atoms with Crippen LogP contribution in [0.3, 0.4) is 0 Å². The van der Waals surface area contributed by atoms with Crippen LogP contribution in [-0.2, 0) is 0 Å². The van der Waals surface area contributed by atoms with Gasteiger partial charge in [-0.3, -0.25) is 10.1 Å². The highest BCUT2D eigenvalue weighted by Crippen LogP contribution is 2.34. The zero-order valence-corrected chi connectivity index (χ0v) is 10.3. The molecule has 0 saturated carbocycles. The number of nitrogens with two attached hydrogens (primary N) is 1. The van der Waals surface area contributed by atoms with Crippen molar-refractivity contribution in [2.75, 3.05) is 5.43 Å². The zero-order chi connectivity index (χ0) is 14.7. The van der Waals surface area contributed by atoms with E-state index in [0.29, 0.717) is 5.56 Å². The molecular weight excluding hydrogens is 269 g/mol. The maximum atomic E-state index is 13.7. The fraction of sp³-hybridized carbons (Fsp3) is 0.0909. The van der Waals surface area contributed by atoms with E-state index < -0.39 is 22.2 Å². The lowest BCUT2D eigenvalue weighted by atomic mass is 10.3. The van der Waals surface area contributed by atoms with Gasteiger partial charge in [0.1, 0.15) is 12.1 Å². The van der Waals surface area contributed by atoms with Crippen molar-refractivity contribution in [1.29, 1.82) is 0 Å². The van der Waals surface area contributed by atoms with Crippen LogP contribution in [0.2, 0.25) is 0 Å². The molecule has 0 saturated heterocycles. The molecule has 0 aliphatic heterocycles. The number of halogens is 1. The predicted octanol–water partition coefficient (Wildman–Crippen LogP) is 1.91. The van der Waals surface area contributed by atoms with E-state index in [2.05, 4.69) is 15.4 Å². The number of hydrogen-bond acceptors (Lipinski definition) is 7. The van der Waals surface area contributed by atoms with Crippen LogP contribution < -0.4 is 16.0 Å². The van der Waals surface area contributed by atoms with Crippen molar-refractivity contribution in [2.45, 2.75) is 6.92 Å². The Morgan fingerprint density at radius 1 is 1.45 bits per heavy atom. The first kappa shape index (κ1) is 13.6. The SMILES string of the molecule is Cc1c(NN)ncnc1Oc1c(F)cccc1[N+](=O)[O-]. The van der Waals surface area contributed by atoms with Gasteiger partial charge in [0, 0.05) is 6.07 Å². The molecule has 20 heavy (non-hydrogen) atoms. The van der Waals surface area contributed by atoms with E-state index in [1.807, 2.05) is 0 Å². The van der Waals surface area contributed by atoms with Crippen LogP contribution in [0, 0.1) is 22.9 Å². The standard InChI is InChI=1S/C11H10FN5O3/c1-6-10(16-13)14-5-15-11(6)20-9-7(12)3-2-4-8(9)17(18)19/h2-5H,13H2,1H3,(H,14,15,16). The molecule has 0 atom stereocenters. The quantitative estimate of drug-likeness (QED) is 0.498. The van der Waals surface area contributed by atoms with Gasteiger partial charge < -0.3 is 10.2 Å². The number of para-hydroxylation sites is 1. The molecule has 0 spiro atoms. The lowest BCUT2D eigenvalue weighted by Crippen LogP contribution is -2.11. The van der Waals surface area contributed by atoms with E-state index >= 15 is 0 Å². The van der Waals surface area contributed by atoms with Crippen LogP contribution in [0.15, 0.2) is 24.5 Å². The van der Waals surface area contributed by atoms with Crippen LogP contribution in [0.25, 0.3) is 0 Å². The molecule has 9 heteroatoms. The van der Waals surface area contributed by atoms with E-state index in [1.165, 1.54) is 6.07 Å². The number of nitrogens with zero attached hydrogens (tertiary/aromatic N) is 3. The normalized spacial score (nSPS) is 10.2. The summed E-state index contributed by atoms with van der Waals surface area (Å²) in [6, 6.07) is 3.41. The van der Waals surface area contributed by atoms with E-state index in [-0.39, 0.29) is 11.7 Å². The first-order chi connectivity index (χ1) is 9.54. The Labute approximate surface area is 112 Å². The minimum atomic E-state index is -0.862. The van der Waals surface area contributed by atoms with Crippen molar-refractivity contribution in [2.24, 2.45) is 5.84 Å². The van der Waals surface area contributed by atoms with Gasteiger partial charge in [0.25, 0.3) is 0 Å². The highest BCUT2D eigenvalue weighted by atomic mass is 19.1. The molecular formula is C11H10FN5O3. The second-order valence-electron chi connectivity index (χ2n) is 3.74. The van der Waals surface area contributed by atoms with Crippen LogP contribution >= 0.6 is 0 Å². The molecule has 1 aromatic heterocycles. The van der Waals surface area contributed by atoms with Crippen molar-refractivity contribution < 1.29 is 14.1 Å². The van der Waals surface area contributed by atoms with Gasteiger partial charge in [0.05, 0.1) is 10.5 Å². The minimum absolute atomic E-state index is 0.0267. The van der Waals surface area contributed by atoms with Gasteiger partial charge in [0.2, 0.25) is 11.6 Å². The molecule has 0 radical (unpaired) electrons. The maximum absolute atomic E-state index is 13.7. The summed E-state index contributed by atoms with van der Waals surface area (Å²) >= 11 is 0. The topological polar surface area (TPSA) is 116 Å². The van der Waals surface area contributed by atoms with Crippen LogP contribution in [0.4, 0.5) is 15.9 Å². The number of nitrogens with one attached hydrogen (secondary N) is 1. The molecule has 1 heterocycles. The number of nitrogen functional groups attached to an aromatic ring is 1. The number of benzene rings is 1. The highest BCUT2D eigenvalue weighted by Gasteiger charge is 2.22. The Hall–Kier alpha value is -2.81. The number of aromatic nitrogens is 2. The van der Waals surface area contributed by atoms with E-state index in [0.717, 1.165) is 18.5 Å². The first-order valence-corrected chi connectivity index (χ1v) is 5.43. The third-order valence-corrected chi connectivity index (χ3v) is 2.52. The van der Waals surface area contributed by atoms with E-state index in [9.17, 15) is 14.5 Å². The molecule has 0 unspecified atom stereocenters. The molecule has 0 fully saturated rings. The van der Waals surface area contributed by atoms with Crippen molar-refractivity contribution in [3.63, 3.8) is 0 Å². The van der Waals surface area contributed by atoms with Gasteiger partial charge in [-0.25, -0.2) is 20.2 Å². The summed E-state index contributed by atoms with van der Waals surface area (Å²) in [7, 11) is 0. The summed E-state index contributed by atoms with van der Waals surface area (Å²) in [5.41, 5.74) is 2.22. The third-order valence-electron chi connectivity index (χ3n) is 2.52. The van der Waals surface area contributed by atoms with Crippen LogP contribution in [0.5, 0.6) is 11.6 Å². The highest BCUT2D eigenvalue weighted by molar-refractivity contribution is 5.52. The smallest absolute Gasteiger partial charge is 0.314 e. The number of nitro benzene ring substituents is 1. The van der Waals surface area contributed by atoms with Crippen molar-refractivity contribution in [1.82, 2.24) is 9.97 Å². The van der Waals surface area contributed by atoms with Crippen molar-refractivity contribution in [3.05, 3.63) is 46.0 Å². The van der Waals surface area contributed by atoms with E-state index in [1.54, 1.807) is 6.92 Å². The molecule has 3 N–H and O–H groups in total. The number of nitro groups is 1. The largest absolute Gasteiger partial charge is 0.428 e. The Kier molecular flexibility index (Phi) is 3.71. The number of hydrazine groups is 1. The average Bonchev–Trinajstić information content (AvgIpc) is 2.42. The van der Waals surface area contributed by atoms with Gasteiger partial charge in [0.15, 0.2) is 5.82 Å². The number of rotatable bonds is 4. The molecule has 0 aliphatic rings. The molecule has 0 bridgehead atoms. The Morgan fingerprint density at radius 3 is 2.85 bits per heavy atom. The average molecular weight is 279 g/mol. The number of ether oxygens (including phenoxy) is 1. The monoisotopic (exact) mass is 279 g/mol. The first-order valence-electron chi connectivity index (χ1n) is 5.43. The molecule has 104 valence electrons. The lowest BCUT2D eigenvalue weighted by Gasteiger charge is -2.10. The van der Waals surface area contributed by atoms with Gasteiger partial charge in [-0.15, -0.1) is 0 Å². The van der Waals surface area contributed by atoms with Crippen LogP contribution in [0.1, 0.15) is 5.56 Å². The van der Waals surface area contributed by atoms with Gasteiger partial charge in [-0.05, 0) is 13.0 Å². The summed E-state index contributed by atoms with van der Waals surface area (Å²) in [5, 5.41) is 10.9. The second kappa shape index (κ2) is 5.45. The number of anilines is 1. The molecule has 1 aromatic carbocycles. The Bertz CT molecular complexity index is 665. The Balaban J connectivity index is 2.48. The molecule has 2 aromatic rings. The summed E-state index contributed by atoms with van der Waals surface area (Å²) in [6.07, 6.45) is 1.14. The van der Waals surface area contributed by atoms with Crippen LogP contribution in [-0.4, -0.2) is 14.9 Å². The summed E-state index contributed by atoms with van der Waals surface area (Å²) in [6.45, 7) is 1.58. The fourth-order valence-electron chi connectivity index (χ4n) is 1.52. The van der Waals surface area contributed by atoms with Gasteiger partial charge in [-0.1, -0.05) is 6.07 Å². The number of hydrogen-bond donors (Lipinski definition) is 2. The maximum Gasteiger partial charge on any atom is 0.314 e.